The first-order chi connectivity index (χ1) is 12.5. The summed E-state index contributed by atoms with van der Waals surface area (Å²) < 4.78 is 0. The van der Waals surface area contributed by atoms with Crippen LogP contribution in [0, 0.1) is 5.92 Å². The van der Waals surface area contributed by atoms with Crippen molar-refractivity contribution in [2.45, 2.75) is 19.8 Å². The third kappa shape index (κ3) is 4.96. The first-order valence-electron chi connectivity index (χ1n) is 8.74. The van der Waals surface area contributed by atoms with E-state index in [0.29, 0.717) is 10.6 Å². The highest BCUT2D eigenvalue weighted by atomic mass is 35.5. The van der Waals surface area contributed by atoms with Gasteiger partial charge in [-0.15, -0.1) is 0 Å². The molecule has 26 heavy (non-hydrogen) atoms. The van der Waals surface area contributed by atoms with Crippen LogP contribution in [0.1, 0.15) is 30.1 Å². The van der Waals surface area contributed by atoms with Crippen molar-refractivity contribution in [2.24, 2.45) is 5.92 Å². The van der Waals surface area contributed by atoms with E-state index in [1.54, 1.807) is 24.3 Å². The first-order valence-corrected chi connectivity index (χ1v) is 9.53. The van der Waals surface area contributed by atoms with Gasteiger partial charge in [0.2, 0.25) is 0 Å². The monoisotopic (exact) mass is 387 g/mol. The molecule has 0 saturated carbocycles. The summed E-state index contributed by atoms with van der Waals surface area (Å²) in [4.78, 5) is 14.6. The zero-order chi connectivity index (χ0) is 18.5. The Bertz CT molecular complexity index is 769. The number of anilines is 2. The number of hydrogen-bond donors (Lipinski definition) is 2. The number of thiocarbonyl (C=S) groups is 1. The van der Waals surface area contributed by atoms with Crippen molar-refractivity contribution in [3.63, 3.8) is 0 Å². The van der Waals surface area contributed by atoms with Gasteiger partial charge in [0.05, 0.1) is 0 Å². The Kier molecular flexibility index (Phi) is 6.12. The minimum Gasteiger partial charge on any atom is -0.372 e. The zero-order valence-electron chi connectivity index (χ0n) is 14.7. The van der Waals surface area contributed by atoms with Crippen molar-refractivity contribution < 1.29 is 4.79 Å². The normalized spacial score (nSPS) is 14.8. The lowest BCUT2D eigenvalue weighted by molar-refractivity contribution is 0.0978. The summed E-state index contributed by atoms with van der Waals surface area (Å²) in [5, 5.41) is 6.58. The first kappa shape index (κ1) is 18.7. The second-order valence-corrected chi connectivity index (χ2v) is 7.48. The Morgan fingerprint density at radius 2 is 1.69 bits per heavy atom. The molecule has 0 aliphatic carbocycles. The lowest BCUT2D eigenvalue weighted by Crippen LogP contribution is -2.34. The summed E-state index contributed by atoms with van der Waals surface area (Å²) in [6.07, 6.45) is 2.47. The maximum Gasteiger partial charge on any atom is 0.257 e. The number of carbonyl (C=O) groups is 1. The quantitative estimate of drug-likeness (QED) is 0.749. The average molecular weight is 388 g/mol. The topological polar surface area (TPSA) is 44.4 Å². The molecule has 0 atom stereocenters. The second kappa shape index (κ2) is 8.52. The van der Waals surface area contributed by atoms with Crippen molar-refractivity contribution in [3.8, 4) is 0 Å². The van der Waals surface area contributed by atoms with Gasteiger partial charge in [-0.1, -0.05) is 18.5 Å². The van der Waals surface area contributed by atoms with Crippen molar-refractivity contribution in [1.29, 1.82) is 0 Å². The molecular formula is C20H22ClN3OS. The summed E-state index contributed by atoms with van der Waals surface area (Å²) in [6.45, 7) is 4.51. The Morgan fingerprint density at radius 1 is 1.08 bits per heavy atom. The molecule has 1 aliphatic heterocycles. The third-order valence-electron chi connectivity index (χ3n) is 4.61. The third-order valence-corrected chi connectivity index (χ3v) is 5.06. The smallest absolute Gasteiger partial charge is 0.257 e. The molecule has 6 heteroatoms. The number of carbonyl (C=O) groups excluding carboxylic acids is 1. The van der Waals surface area contributed by atoms with E-state index < -0.39 is 0 Å². The number of amides is 1. The largest absolute Gasteiger partial charge is 0.372 e. The van der Waals surface area contributed by atoms with Crippen molar-refractivity contribution in [3.05, 3.63) is 59.1 Å². The zero-order valence-corrected chi connectivity index (χ0v) is 16.2. The van der Waals surface area contributed by atoms with E-state index in [4.69, 9.17) is 23.8 Å². The second-order valence-electron chi connectivity index (χ2n) is 6.63. The number of hydrogen-bond acceptors (Lipinski definition) is 3. The van der Waals surface area contributed by atoms with Crippen LogP contribution in [0.15, 0.2) is 48.5 Å². The molecule has 1 amide bonds. The molecule has 0 aromatic heterocycles. The molecule has 2 aromatic rings. The molecule has 0 radical (unpaired) electrons. The van der Waals surface area contributed by atoms with Gasteiger partial charge in [0, 0.05) is 35.1 Å². The lowest BCUT2D eigenvalue weighted by atomic mass is 9.99. The average Bonchev–Trinajstić information content (AvgIpc) is 2.63. The molecule has 0 bridgehead atoms. The molecular weight excluding hydrogens is 366 g/mol. The lowest BCUT2D eigenvalue weighted by Gasteiger charge is -2.32. The van der Waals surface area contributed by atoms with Crippen LogP contribution in [0.5, 0.6) is 0 Å². The molecule has 1 heterocycles. The number of benzene rings is 2. The van der Waals surface area contributed by atoms with Crippen LogP contribution in [0.2, 0.25) is 5.02 Å². The molecule has 3 rings (SSSR count). The van der Waals surface area contributed by atoms with Gasteiger partial charge >= 0.3 is 0 Å². The highest BCUT2D eigenvalue weighted by Crippen LogP contribution is 2.24. The highest BCUT2D eigenvalue weighted by molar-refractivity contribution is 7.80. The predicted molar refractivity (Wildman–Crippen MR) is 112 cm³/mol. The molecule has 2 aromatic carbocycles. The summed E-state index contributed by atoms with van der Waals surface area (Å²) in [6, 6.07) is 14.8. The van der Waals surface area contributed by atoms with Crippen LogP contribution < -0.4 is 15.5 Å². The van der Waals surface area contributed by atoms with Crippen LogP contribution in [0.4, 0.5) is 11.4 Å². The molecule has 0 unspecified atom stereocenters. The van der Waals surface area contributed by atoms with E-state index in [-0.39, 0.29) is 11.0 Å². The van der Waals surface area contributed by atoms with Gasteiger partial charge in [-0.3, -0.25) is 10.1 Å². The van der Waals surface area contributed by atoms with Gasteiger partial charge in [0.1, 0.15) is 0 Å². The van der Waals surface area contributed by atoms with Crippen LogP contribution in [0.3, 0.4) is 0 Å². The van der Waals surface area contributed by atoms with E-state index >= 15 is 0 Å². The van der Waals surface area contributed by atoms with Crippen molar-refractivity contribution in [1.82, 2.24) is 5.32 Å². The number of nitrogens with zero attached hydrogens (tertiary/aromatic N) is 1. The summed E-state index contributed by atoms with van der Waals surface area (Å²) in [5.41, 5.74) is 2.58. The SMILES string of the molecule is CC1CCN(c2ccc(NC(=S)NC(=O)c3ccc(Cl)cc3)cc2)CC1. The minimum atomic E-state index is -0.266. The van der Waals surface area contributed by atoms with Gasteiger partial charge in [-0.25, -0.2) is 0 Å². The molecule has 4 nitrogen and oxygen atoms in total. The predicted octanol–water partition coefficient (Wildman–Crippen LogP) is 4.70. The van der Waals surface area contributed by atoms with Gasteiger partial charge in [-0.2, -0.15) is 0 Å². The van der Waals surface area contributed by atoms with E-state index in [1.165, 1.54) is 18.5 Å². The van der Waals surface area contributed by atoms with Crippen molar-refractivity contribution >= 4 is 46.2 Å². The van der Waals surface area contributed by atoms with Gasteiger partial charge in [0.15, 0.2) is 5.11 Å². The number of rotatable bonds is 3. The standard InChI is InChI=1S/C20H22ClN3OS/c1-14-10-12-24(13-11-14)18-8-6-17(7-9-18)22-20(26)23-19(25)15-2-4-16(21)5-3-15/h2-9,14H,10-13H2,1H3,(H2,22,23,25,26). The molecule has 1 saturated heterocycles. The molecule has 136 valence electrons. The van der Waals surface area contributed by atoms with Gasteiger partial charge in [0.25, 0.3) is 5.91 Å². The summed E-state index contributed by atoms with van der Waals surface area (Å²) in [5.74, 6) is 0.548. The fraction of sp³-hybridized carbons (Fsp3) is 0.300. The Balaban J connectivity index is 1.54. The maximum atomic E-state index is 12.2. The van der Waals surface area contributed by atoms with Crippen LogP contribution >= 0.6 is 23.8 Å². The van der Waals surface area contributed by atoms with Crippen LogP contribution in [0.25, 0.3) is 0 Å². The Hall–Kier alpha value is -2.11. The van der Waals surface area contributed by atoms with E-state index in [1.807, 2.05) is 12.1 Å². The number of halogens is 1. The van der Waals surface area contributed by atoms with Gasteiger partial charge in [-0.05, 0) is 79.5 Å². The van der Waals surface area contributed by atoms with E-state index in [9.17, 15) is 4.79 Å². The Morgan fingerprint density at radius 3 is 2.31 bits per heavy atom. The van der Waals surface area contributed by atoms with E-state index in [0.717, 1.165) is 24.7 Å². The molecule has 2 N–H and O–H groups in total. The minimum absolute atomic E-state index is 0.266. The molecule has 1 aliphatic rings. The fourth-order valence-corrected chi connectivity index (χ4v) is 3.30. The van der Waals surface area contributed by atoms with Gasteiger partial charge < -0.3 is 10.2 Å². The Labute approximate surface area is 164 Å². The number of nitrogens with one attached hydrogen (secondary N) is 2. The molecule has 0 spiro atoms. The van der Waals surface area contributed by atoms with E-state index in [2.05, 4.69) is 34.6 Å². The number of piperidine rings is 1. The van der Waals surface area contributed by atoms with Crippen molar-refractivity contribution in [2.75, 3.05) is 23.3 Å². The van der Waals surface area contributed by atoms with Crippen LogP contribution in [-0.2, 0) is 0 Å². The molecule has 1 fully saturated rings. The summed E-state index contributed by atoms with van der Waals surface area (Å²) in [7, 11) is 0. The summed E-state index contributed by atoms with van der Waals surface area (Å²) >= 11 is 11.1. The fourth-order valence-electron chi connectivity index (χ4n) is 2.96. The van der Waals surface area contributed by atoms with Crippen LogP contribution in [-0.4, -0.2) is 24.1 Å². The maximum absolute atomic E-state index is 12.2. The highest BCUT2D eigenvalue weighted by Gasteiger charge is 2.16.